The van der Waals surface area contributed by atoms with E-state index in [1.165, 1.54) is 6.26 Å². The second kappa shape index (κ2) is 6.30. The number of nitrogens with one attached hydrogen (secondary N) is 1. The molecule has 0 radical (unpaired) electrons. The number of hydrogen-bond acceptors (Lipinski definition) is 6. The smallest absolute Gasteiger partial charge is 0.453 e. The summed E-state index contributed by atoms with van der Waals surface area (Å²) in [5, 5.41) is 8.71. The number of carbonyl (C=O) groups excluding carboxylic acids is 1. The van der Waals surface area contributed by atoms with Gasteiger partial charge in [-0.1, -0.05) is 11.8 Å². The third-order valence-corrected chi connectivity index (χ3v) is 3.54. The van der Waals surface area contributed by atoms with Crippen LogP contribution in [0.3, 0.4) is 0 Å². The molecule has 2 aromatic heterocycles. The molecule has 1 atom stereocenters. The van der Waals surface area contributed by atoms with Gasteiger partial charge in [-0.2, -0.15) is 13.2 Å². The van der Waals surface area contributed by atoms with Crippen LogP contribution in [0.25, 0.3) is 0 Å². The van der Waals surface area contributed by atoms with E-state index in [4.69, 9.17) is 10.3 Å². The van der Waals surface area contributed by atoms with Gasteiger partial charge in [0.25, 0.3) is 5.82 Å². The van der Waals surface area contributed by atoms with Crippen LogP contribution in [-0.4, -0.2) is 26.5 Å². The molecule has 0 bridgehead atoms. The van der Waals surface area contributed by atoms with E-state index in [2.05, 4.69) is 15.5 Å². The van der Waals surface area contributed by atoms with Crippen LogP contribution in [0.15, 0.2) is 28.0 Å². The summed E-state index contributed by atoms with van der Waals surface area (Å²) in [5.74, 6) is 3.96. The minimum atomic E-state index is -4.70. The number of aromatic nitrogens is 3. The number of nitrogen functional groups attached to an aromatic ring is 1. The number of rotatable bonds is 5. The highest BCUT2D eigenvalue weighted by Gasteiger charge is 2.38. The lowest BCUT2D eigenvalue weighted by Crippen LogP contribution is -2.28. The van der Waals surface area contributed by atoms with Crippen LogP contribution in [0.4, 0.5) is 13.2 Å². The van der Waals surface area contributed by atoms with Gasteiger partial charge in [0, 0.05) is 0 Å². The highest BCUT2D eigenvalue weighted by Crippen LogP contribution is 2.28. The molecule has 0 fully saturated rings. The Balaban J connectivity index is 1.90. The zero-order valence-electron chi connectivity index (χ0n) is 11.3. The van der Waals surface area contributed by atoms with Crippen LogP contribution in [0.5, 0.6) is 0 Å². The first kappa shape index (κ1) is 16.2. The molecule has 0 spiro atoms. The van der Waals surface area contributed by atoms with Gasteiger partial charge in [0.2, 0.25) is 11.1 Å². The van der Waals surface area contributed by atoms with Crippen molar-refractivity contribution in [2.24, 2.45) is 0 Å². The first-order chi connectivity index (χ1) is 10.3. The zero-order valence-corrected chi connectivity index (χ0v) is 12.1. The lowest BCUT2D eigenvalue weighted by Gasteiger charge is -2.11. The molecule has 2 rings (SSSR count). The Bertz CT molecular complexity index is 641. The van der Waals surface area contributed by atoms with Crippen LogP contribution < -0.4 is 11.2 Å². The van der Waals surface area contributed by atoms with Gasteiger partial charge in [-0.25, -0.2) is 4.68 Å². The minimum absolute atomic E-state index is 0.155. The van der Waals surface area contributed by atoms with Gasteiger partial charge in [-0.15, -0.1) is 10.2 Å². The van der Waals surface area contributed by atoms with Crippen LogP contribution in [0, 0.1) is 0 Å². The van der Waals surface area contributed by atoms with Crippen molar-refractivity contribution in [1.29, 1.82) is 0 Å². The number of amides is 1. The molecule has 2 aromatic rings. The average Bonchev–Trinajstić information content (AvgIpc) is 3.04. The van der Waals surface area contributed by atoms with Crippen molar-refractivity contribution in [2.75, 3.05) is 11.6 Å². The van der Waals surface area contributed by atoms with Gasteiger partial charge in [0.1, 0.15) is 5.76 Å². The predicted molar refractivity (Wildman–Crippen MR) is 71.2 cm³/mol. The number of alkyl halides is 3. The minimum Gasteiger partial charge on any atom is -0.467 e. The molecule has 0 aliphatic heterocycles. The topological polar surface area (TPSA) is 99.0 Å². The van der Waals surface area contributed by atoms with Crippen LogP contribution in [0.2, 0.25) is 0 Å². The van der Waals surface area contributed by atoms with Gasteiger partial charge in [0.15, 0.2) is 0 Å². The lowest BCUT2D eigenvalue weighted by molar-refractivity contribution is -0.146. The van der Waals surface area contributed by atoms with E-state index >= 15 is 0 Å². The normalized spacial score (nSPS) is 13.1. The Morgan fingerprint density at radius 3 is 2.82 bits per heavy atom. The monoisotopic (exact) mass is 335 g/mol. The number of thioether (sulfide) groups is 1. The van der Waals surface area contributed by atoms with E-state index in [1.807, 2.05) is 0 Å². The average molecular weight is 335 g/mol. The maximum atomic E-state index is 12.5. The molecule has 7 nitrogen and oxygen atoms in total. The van der Waals surface area contributed by atoms with E-state index in [1.54, 1.807) is 19.1 Å². The van der Waals surface area contributed by atoms with Gasteiger partial charge < -0.3 is 15.6 Å². The zero-order chi connectivity index (χ0) is 16.3. The maximum Gasteiger partial charge on any atom is 0.453 e. The van der Waals surface area contributed by atoms with Crippen molar-refractivity contribution < 1.29 is 22.4 Å². The molecule has 11 heteroatoms. The van der Waals surface area contributed by atoms with Crippen molar-refractivity contribution in [3.05, 3.63) is 30.0 Å². The largest absolute Gasteiger partial charge is 0.467 e. The van der Waals surface area contributed by atoms with E-state index in [-0.39, 0.29) is 17.0 Å². The Kier molecular flexibility index (Phi) is 4.64. The molecule has 1 unspecified atom stereocenters. The molecule has 0 aliphatic carbocycles. The predicted octanol–water partition coefficient (Wildman–Crippen LogP) is 1.57. The van der Waals surface area contributed by atoms with Crippen molar-refractivity contribution in [3.8, 4) is 0 Å². The quantitative estimate of drug-likeness (QED) is 0.636. The second-order valence-electron chi connectivity index (χ2n) is 4.27. The Hall–Kier alpha value is -2.17. The fourth-order valence-electron chi connectivity index (χ4n) is 1.59. The molecule has 0 aromatic carbocycles. The number of nitrogens with two attached hydrogens (primary N) is 1. The molecule has 120 valence electrons. The summed E-state index contributed by atoms with van der Waals surface area (Å²) in [6.07, 6.45) is -3.22. The van der Waals surface area contributed by atoms with Crippen LogP contribution in [-0.2, 0) is 11.0 Å². The molecule has 0 saturated carbocycles. The van der Waals surface area contributed by atoms with Crippen molar-refractivity contribution >= 4 is 17.7 Å². The molecular formula is C11H12F3N5O2S. The summed E-state index contributed by atoms with van der Waals surface area (Å²) in [6.45, 7) is 1.72. The first-order valence-electron chi connectivity index (χ1n) is 6.02. The standard InChI is InChI=1S/C11H12F3N5O2S/c1-6(7-3-2-4-21-7)16-8(20)5-22-10-18-17-9(19(10)15)11(12,13)14/h2-4,6H,5,15H2,1H3,(H,16,20). The lowest BCUT2D eigenvalue weighted by atomic mass is 10.2. The van der Waals surface area contributed by atoms with Crippen molar-refractivity contribution in [2.45, 2.75) is 24.3 Å². The highest BCUT2D eigenvalue weighted by molar-refractivity contribution is 7.99. The molecule has 0 aliphatic rings. The Labute approximate surface area is 127 Å². The summed E-state index contributed by atoms with van der Waals surface area (Å²) in [7, 11) is 0. The first-order valence-corrected chi connectivity index (χ1v) is 7.01. The molecule has 2 heterocycles. The third-order valence-electron chi connectivity index (χ3n) is 2.60. The van der Waals surface area contributed by atoms with Crippen molar-refractivity contribution in [1.82, 2.24) is 20.2 Å². The van der Waals surface area contributed by atoms with Gasteiger partial charge in [-0.05, 0) is 19.1 Å². The second-order valence-corrected chi connectivity index (χ2v) is 5.21. The number of hydrogen-bond donors (Lipinski definition) is 2. The third kappa shape index (κ3) is 3.72. The fourth-order valence-corrected chi connectivity index (χ4v) is 2.26. The highest BCUT2D eigenvalue weighted by atomic mass is 32.2. The van der Waals surface area contributed by atoms with E-state index in [0.29, 0.717) is 10.4 Å². The van der Waals surface area contributed by atoms with E-state index in [9.17, 15) is 18.0 Å². The van der Waals surface area contributed by atoms with Crippen molar-refractivity contribution in [3.63, 3.8) is 0 Å². The van der Waals surface area contributed by atoms with E-state index < -0.39 is 17.9 Å². The summed E-state index contributed by atoms with van der Waals surface area (Å²) in [4.78, 5) is 11.7. The SMILES string of the molecule is CC(NC(=O)CSc1nnc(C(F)(F)F)n1N)c1ccco1. The van der Waals surface area contributed by atoms with E-state index in [0.717, 1.165) is 11.8 Å². The summed E-state index contributed by atoms with van der Waals surface area (Å²) in [5.41, 5.74) is 0. The molecule has 3 N–H and O–H groups in total. The molecule has 22 heavy (non-hydrogen) atoms. The summed E-state index contributed by atoms with van der Waals surface area (Å²) >= 11 is 0.753. The van der Waals surface area contributed by atoms with Crippen LogP contribution >= 0.6 is 11.8 Å². The Morgan fingerprint density at radius 2 is 2.27 bits per heavy atom. The number of carbonyl (C=O) groups is 1. The maximum absolute atomic E-state index is 12.5. The molecule has 0 saturated heterocycles. The summed E-state index contributed by atoms with van der Waals surface area (Å²) < 4.78 is 42.9. The number of nitrogens with zero attached hydrogens (tertiary/aromatic N) is 3. The number of furan rings is 1. The summed E-state index contributed by atoms with van der Waals surface area (Å²) in [6, 6.07) is 3.02. The Morgan fingerprint density at radius 1 is 1.55 bits per heavy atom. The van der Waals surface area contributed by atoms with Crippen LogP contribution in [0.1, 0.15) is 24.6 Å². The fraction of sp³-hybridized carbons (Fsp3) is 0.364. The van der Waals surface area contributed by atoms with Gasteiger partial charge in [0.05, 0.1) is 18.1 Å². The molecule has 1 amide bonds. The van der Waals surface area contributed by atoms with Gasteiger partial charge >= 0.3 is 6.18 Å². The molecular weight excluding hydrogens is 323 g/mol. The van der Waals surface area contributed by atoms with Gasteiger partial charge in [-0.3, -0.25) is 4.79 Å². The number of halogens is 3.